The number of hydrogen-bond donors (Lipinski definition) is 1. The van der Waals surface area contributed by atoms with Crippen LogP contribution in [0, 0.1) is 0 Å². The van der Waals surface area contributed by atoms with Crippen LogP contribution in [0.25, 0.3) is 11.0 Å². The molecular weight excluding hydrogens is 310 g/mol. The van der Waals surface area contributed by atoms with Crippen LogP contribution >= 0.6 is 11.8 Å². The average Bonchev–Trinajstić information content (AvgIpc) is 3.10. The summed E-state index contributed by atoms with van der Waals surface area (Å²) in [4.78, 5) is 12.6. The lowest BCUT2D eigenvalue weighted by Crippen LogP contribution is -2.19. The highest BCUT2D eigenvalue weighted by Gasteiger charge is 2.21. The number of fused-ring (bicyclic) bond motifs is 1. The molecule has 1 aromatic heterocycles. The number of ether oxygens (including phenoxy) is 1. The van der Waals surface area contributed by atoms with E-state index in [0.717, 1.165) is 18.0 Å². The van der Waals surface area contributed by atoms with Gasteiger partial charge in [0.1, 0.15) is 23.3 Å². The molecule has 0 amide bonds. The number of rotatable bonds is 3. The second kappa shape index (κ2) is 6.10. The van der Waals surface area contributed by atoms with Crippen molar-refractivity contribution in [3.05, 3.63) is 70.6 Å². The zero-order valence-corrected chi connectivity index (χ0v) is 13.1. The Kier molecular flexibility index (Phi) is 3.81. The van der Waals surface area contributed by atoms with Crippen LogP contribution in [0.2, 0.25) is 0 Å². The molecule has 1 atom stereocenters. The van der Waals surface area contributed by atoms with Gasteiger partial charge in [0, 0.05) is 18.4 Å². The summed E-state index contributed by atoms with van der Waals surface area (Å²) in [5, 5.41) is 3.91. The van der Waals surface area contributed by atoms with Crippen molar-refractivity contribution >= 4 is 22.7 Å². The highest BCUT2D eigenvalue weighted by Crippen LogP contribution is 2.30. The Hall–Kier alpha value is -2.24. The number of hydrogen-bond acceptors (Lipinski definition) is 5. The number of thioether (sulfide) groups is 1. The fourth-order valence-electron chi connectivity index (χ4n) is 2.62. The van der Waals surface area contributed by atoms with E-state index < -0.39 is 0 Å². The number of nitrogens with one attached hydrogen (secondary N) is 1. The molecule has 2 aromatic carbocycles. The molecule has 4 rings (SSSR count). The predicted molar refractivity (Wildman–Crippen MR) is 92.2 cm³/mol. The van der Waals surface area contributed by atoms with E-state index >= 15 is 0 Å². The topological polar surface area (TPSA) is 51.5 Å². The third-order valence-electron chi connectivity index (χ3n) is 3.75. The van der Waals surface area contributed by atoms with Crippen LogP contribution in [-0.2, 0) is 0 Å². The van der Waals surface area contributed by atoms with Crippen LogP contribution in [0.1, 0.15) is 10.9 Å². The average molecular weight is 325 g/mol. The smallest absolute Gasteiger partial charge is 0.198 e. The summed E-state index contributed by atoms with van der Waals surface area (Å²) in [5.74, 6) is 2.40. The van der Waals surface area contributed by atoms with Crippen molar-refractivity contribution in [1.82, 2.24) is 5.32 Å². The Morgan fingerprint density at radius 1 is 1.13 bits per heavy atom. The Bertz CT molecular complexity index is 886. The molecule has 1 N–H and O–H groups in total. The fraction of sp³-hybridized carbons (Fsp3) is 0.167. The zero-order chi connectivity index (χ0) is 15.6. The molecular formula is C18H15NO3S. The summed E-state index contributed by atoms with van der Waals surface area (Å²) in [5.41, 5.74) is 1.23. The fourth-order valence-corrected chi connectivity index (χ4v) is 3.67. The maximum atomic E-state index is 12.6. The van der Waals surface area contributed by atoms with Crippen molar-refractivity contribution < 1.29 is 9.15 Å². The third-order valence-corrected chi connectivity index (χ3v) is 4.94. The van der Waals surface area contributed by atoms with Gasteiger partial charge in [0.2, 0.25) is 0 Å². The van der Waals surface area contributed by atoms with E-state index in [9.17, 15) is 4.79 Å². The first-order valence-electron chi connectivity index (χ1n) is 7.44. The first kappa shape index (κ1) is 14.4. The summed E-state index contributed by atoms with van der Waals surface area (Å²) in [6.45, 7) is 0.913. The van der Waals surface area contributed by atoms with Crippen LogP contribution in [-0.4, -0.2) is 12.3 Å². The molecule has 0 spiro atoms. The van der Waals surface area contributed by atoms with E-state index in [2.05, 4.69) is 5.32 Å². The molecule has 0 bridgehead atoms. The molecule has 0 saturated carbocycles. The summed E-state index contributed by atoms with van der Waals surface area (Å²) >= 11 is 1.73. The van der Waals surface area contributed by atoms with E-state index in [1.807, 2.05) is 30.3 Å². The van der Waals surface area contributed by atoms with Crippen molar-refractivity contribution in [3.8, 4) is 11.5 Å². The molecule has 1 aliphatic rings. The first-order valence-corrected chi connectivity index (χ1v) is 8.49. The van der Waals surface area contributed by atoms with Gasteiger partial charge in [0.25, 0.3) is 0 Å². The summed E-state index contributed by atoms with van der Waals surface area (Å²) in [6, 6.07) is 14.8. The summed E-state index contributed by atoms with van der Waals surface area (Å²) in [7, 11) is 0. The summed E-state index contributed by atoms with van der Waals surface area (Å²) in [6.07, 6.45) is 1.56. The maximum Gasteiger partial charge on any atom is 0.198 e. The van der Waals surface area contributed by atoms with Crippen LogP contribution in [0.4, 0.5) is 0 Å². The second-order valence-electron chi connectivity index (χ2n) is 5.30. The monoisotopic (exact) mass is 325 g/mol. The van der Waals surface area contributed by atoms with E-state index in [4.69, 9.17) is 9.15 Å². The maximum absolute atomic E-state index is 12.6. The first-order chi connectivity index (χ1) is 11.3. The molecule has 2 heterocycles. The van der Waals surface area contributed by atoms with Crippen LogP contribution in [0.5, 0.6) is 11.5 Å². The normalized spacial score (nSPS) is 17.5. The third kappa shape index (κ3) is 2.85. The van der Waals surface area contributed by atoms with Crippen molar-refractivity contribution in [2.45, 2.75) is 5.37 Å². The van der Waals surface area contributed by atoms with Crippen molar-refractivity contribution in [3.63, 3.8) is 0 Å². The standard InChI is InChI=1S/C18H15NO3S/c20-17-14-7-6-13(22-12-4-2-1-3-5-12)10-16(14)21-11-15(17)18-19-8-9-23-18/h1-7,10-11,18-19H,8-9H2. The van der Waals surface area contributed by atoms with Gasteiger partial charge in [-0.1, -0.05) is 18.2 Å². The molecule has 5 heteroatoms. The Morgan fingerprint density at radius 3 is 2.78 bits per heavy atom. The van der Waals surface area contributed by atoms with Crippen LogP contribution in [0.15, 0.2) is 64.0 Å². The lowest BCUT2D eigenvalue weighted by Gasteiger charge is -2.10. The Labute approximate surface area is 137 Å². The van der Waals surface area contributed by atoms with Gasteiger partial charge < -0.3 is 14.5 Å². The predicted octanol–water partition coefficient (Wildman–Crippen LogP) is 3.92. The van der Waals surface area contributed by atoms with Gasteiger partial charge in [-0.3, -0.25) is 4.79 Å². The zero-order valence-electron chi connectivity index (χ0n) is 12.3. The second-order valence-corrected chi connectivity index (χ2v) is 6.51. The number of benzene rings is 2. The molecule has 1 fully saturated rings. The quantitative estimate of drug-likeness (QED) is 0.791. The van der Waals surface area contributed by atoms with Crippen LogP contribution in [0.3, 0.4) is 0 Å². The van der Waals surface area contributed by atoms with E-state index in [-0.39, 0.29) is 10.8 Å². The van der Waals surface area contributed by atoms with Gasteiger partial charge in [0.15, 0.2) is 5.43 Å². The minimum absolute atomic E-state index is 0.0180. The van der Waals surface area contributed by atoms with Crippen molar-refractivity contribution in [2.75, 3.05) is 12.3 Å². The molecule has 0 radical (unpaired) electrons. The number of para-hydroxylation sites is 1. The molecule has 23 heavy (non-hydrogen) atoms. The molecule has 1 saturated heterocycles. The SMILES string of the molecule is O=c1c(C2NCCS2)coc2cc(Oc3ccccc3)ccc12. The molecule has 3 aromatic rings. The van der Waals surface area contributed by atoms with Gasteiger partial charge in [-0.15, -0.1) is 11.8 Å². The largest absolute Gasteiger partial charge is 0.464 e. The highest BCUT2D eigenvalue weighted by atomic mass is 32.2. The minimum Gasteiger partial charge on any atom is -0.464 e. The highest BCUT2D eigenvalue weighted by molar-refractivity contribution is 7.99. The molecule has 116 valence electrons. The summed E-state index contributed by atoms with van der Waals surface area (Å²) < 4.78 is 11.5. The van der Waals surface area contributed by atoms with Gasteiger partial charge in [-0.2, -0.15) is 0 Å². The lowest BCUT2D eigenvalue weighted by atomic mass is 10.1. The van der Waals surface area contributed by atoms with Crippen molar-refractivity contribution in [1.29, 1.82) is 0 Å². The van der Waals surface area contributed by atoms with Gasteiger partial charge in [-0.25, -0.2) is 0 Å². The van der Waals surface area contributed by atoms with Gasteiger partial charge in [0.05, 0.1) is 16.3 Å². The van der Waals surface area contributed by atoms with E-state index in [1.54, 1.807) is 36.2 Å². The lowest BCUT2D eigenvalue weighted by molar-refractivity contribution is 0.481. The Morgan fingerprint density at radius 2 is 2.00 bits per heavy atom. The van der Waals surface area contributed by atoms with Crippen molar-refractivity contribution in [2.24, 2.45) is 0 Å². The van der Waals surface area contributed by atoms with E-state index in [0.29, 0.717) is 22.3 Å². The van der Waals surface area contributed by atoms with Crippen LogP contribution < -0.4 is 15.5 Å². The molecule has 1 unspecified atom stereocenters. The molecule has 1 aliphatic heterocycles. The molecule has 0 aliphatic carbocycles. The molecule has 4 nitrogen and oxygen atoms in total. The van der Waals surface area contributed by atoms with Gasteiger partial charge >= 0.3 is 0 Å². The minimum atomic E-state index is 0.0180. The Balaban J connectivity index is 1.70. The van der Waals surface area contributed by atoms with E-state index in [1.165, 1.54) is 0 Å². The van der Waals surface area contributed by atoms with Gasteiger partial charge in [-0.05, 0) is 24.3 Å².